The fourth-order valence-electron chi connectivity index (χ4n) is 1.08. The fourth-order valence-corrected chi connectivity index (χ4v) is 1.08. The topological polar surface area (TPSA) is 73.9 Å². The monoisotopic (exact) mass is 275 g/mol. The average Bonchev–Trinajstić information content (AvgIpc) is 2.09. The number of nitrogens with one attached hydrogen (secondary N) is 1. The standard InChI is InChI=1S/C13H25NO5/c1-9(2)17-11(16)19-13(6,7)8-14-10(15)18-12(3,4)5/h9H,8H2,1-7H3,(H,14,15). The number of carbonyl (C=O) groups excluding carboxylic acids is 2. The molecule has 0 bridgehead atoms. The van der Waals surface area contributed by atoms with E-state index in [0.717, 1.165) is 0 Å². The Hall–Kier alpha value is -1.46. The largest absolute Gasteiger partial charge is 0.509 e. The number of rotatable bonds is 4. The van der Waals surface area contributed by atoms with Gasteiger partial charge in [0, 0.05) is 0 Å². The van der Waals surface area contributed by atoms with Gasteiger partial charge in [-0.25, -0.2) is 9.59 Å². The third-order valence-electron chi connectivity index (χ3n) is 1.75. The molecule has 0 spiro atoms. The van der Waals surface area contributed by atoms with E-state index in [1.165, 1.54) is 0 Å². The van der Waals surface area contributed by atoms with E-state index in [4.69, 9.17) is 14.2 Å². The number of amides is 1. The van der Waals surface area contributed by atoms with Crippen LogP contribution in [0, 0.1) is 0 Å². The summed E-state index contributed by atoms with van der Waals surface area (Å²) < 4.78 is 15.0. The number of carbonyl (C=O) groups is 2. The summed E-state index contributed by atoms with van der Waals surface area (Å²) in [5.41, 5.74) is -1.44. The van der Waals surface area contributed by atoms with E-state index in [0.29, 0.717) is 0 Å². The molecule has 6 nitrogen and oxygen atoms in total. The maximum absolute atomic E-state index is 11.5. The Labute approximate surface area is 114 Å². The highest BCUT2D eigenvalue weighted by molar-refractivity contribution is 5.68. The van der Waals surface area contributed by atoms with Crippen LogP contribution in [0.2, 0.25) is 0 Å². The second-order valence-electron chi connectivity index (χ2n) is 6.13. The molecule has 0 aromatic carbocycles. The van der Waals surface area contributed by atoms with Crippen LogP contribution in [0.25, 0.3) is 0 Å². The van der Waals surface area contributed by atoms with Crippen molar-refractivity contribution in [2.24, 2.45) is 0 Å². The minimum atomic E-state index is -0.872. The Kier molecular flexibility index (Phi) is 6.12. The minimum Gasteiger partial charge on any atom is -0.444 e. The smallest absolute Gasteiger partial charge is 0.444 e. The number of hydrogen-bond donors (Lipinski definition) is 1. The Morgan fingerprint density at radius 2 is 1.58 bits per heavy atom. The quantitative estimate of drug-likeness (QED) is 0.798. The molecule has 0 atom stereocenters. The van der Waals surface area contributed by atoms with E-state index >= 15 is 0 Å². The van der Waals surface area contributed by atoms with Crippen molar-refractivity contribution in [2.75, 3.05) is 6.54 Å². The molecule has 0 rings (SSSR count). The van der Waals surface area contributed by atoms with Gasteiger partial charge in [0.1, 0.15) is 11.2 Å². The molecular weight excluding hydrogens is 250 g/mol. The van der Waals surface area contributed by atoms with Crippen LogP contribution in [0.1, 0.15) is 48.5 Å². The molecule has 0 unspecified atom stereocenters. The summed E-state index contributed by atoms with van der Waals surface area (Å²) in [5, 5.41) is 2.54. The first-order valence-electron chi connectivity index (χ1n) is 6.28. The van der Waals surface area contributed by atoms with Crippen molar-refractivity contribution >= 4 is 12.2 Å². The van der Waals surface area contributed by atoms with Gasteiger partial charge in [-0.05, 0) is 48.5 Å². The maximum atomic E-state index is 11.5. The number of alkyl carbamates (subject to hydrolysis) is 1. The van der Waals surface area contributed by atoms with Crippen LogP contribution in [-0.2, 0) is 14.2 Å². The molecule has 0 aliphatic heterocycles. The SMILES string of the molecule is CC(C)OC(=O)OC(C)(C)CNC(=O)OC(C)(C)C. The molecule has 0 heterocycles. The van der Waals surface area contributed by atoms with Crippen LogP contribution >= 0.6 is 0 Å². The van der Waals surface area contributed by atoms with Crippen molar-refractivity contribution in [3.63, 3.8) is 0 Å². The van der Waals surface area contributed by atoms with E-state index in [1.54, 1.807) is 48.5 Å². The minimum absolute atomic E-state index is 0.134. The normalized spacial score (nSPS) is 12.0. The molecule has 6 heteroatoms. The van der Waals surface area contributed by atoms with E-state index < -0.39 is 23.5 Å². The lowest BCUT2D eigenvalue weighted by molar-refractivity contribution is -0.0290. The van der Waals surface area contributed by atoms with Crippen LogP contribution in [-0.4, -0.2) is 36.1 Å². The molecule has 0 aromatic rings. The molecule has 112 valence electrons. The molecule has 0 aliphatic rings. The van der Waals surface area contributed by atoms with Crippen molar-refractivity contribution in [3.05, 3.63) is 0 Å². The summed E-state index contributed by atoms with van der Waals surface area (Å²) in [4.78, 5) is 22.8. The summed E-state index contributed by atoms with van der Waals surface area (Å²) in [5.74, 6) is 0. The fraction of sp³-hybridized carbons (Fsp3) is 0.846. The highest BCUT2D eigenvalue weighted by Gasteiger charge is 2.26. The van der Waals surface area contributed by atoms with E-state index in [1.807, 2.05) is 0 Å². The molecule has 0 aliphatic carbocycles. The Morgan fingerprint density at radius 1 is 1.05 bits per heavy atom. The third-order valence-corrected chi connectivity index (χ3v) is 1.75. The molecular formula is C13H25NO5. The molecule has 0 aromatic heterocycles. The predicted molar refractivity (Wildman–Crippen MR) is 71.0 cm³/mol. The Morgan fingerprint density at radius 3 is 2.00 bits per heavy atom. The van der Waals surface area contributed by atoms with Crippen molar-refractivity contribution in [3.8, 4) is 0 Å². The zero-order valence-corrected chi connectivity index (χ0v) is 12.8. The van der Waals surface area contributed by atoms with Gasteiger partial charge in [0.15, 0.2) is 0 Å². The molecule has 1 N–H and O–H groups in total. The van der Waals surface area contributed by atoms with Crippen LogP contribution in [0.3, 0.4) is 0 Å². The van der Waals surface area contributed by atoms with E-state index in [-0.39, 0.29) is 12.6 Å². The molecule has 1 amide bonds. The second-order valence-corrected chi connectivity index (χ2v) is 6.13. The van der Waals surface area contributed by atoms with Gasteiger partial charge < -0.3 is 19.5 Å². The van der Waals surface area contributed by atoms with E-state index in [9.17, 15) is 9.59 Å². The third kappa shape index (κ3) is 10.2. The van der Waals surface area contributed by atoms with Gasteiger partial charge in [-0.15, -0.1) is 0 Å². The first-order chi connectivity index (χ1) is 8.41. The average molecular weight is 275 g/mol. The van der Waals surface area contributed by atoms with Gasteiger partial charge in [-0.3, -0.25) is 0 Å². The number of hydrogen-bond acceptors (Lipinski definition) is 5. The van der Waals surface area contributed by atoms with Gasteiger partial charge in [0.05, 0.1) is 12.6 Å². The Balaban J connectivity index is 4.16. The lowest BCUT2D eigenvalue weighted by Crippen LogP contribution is -2.43. The highest BCUT2D eigenvalue weighted by Crippen LogP contribution is 2.11. The van der Waals surface area contributed by atoms with Crippen molar-refractivity contribution in [1.29, 1.82) is 0 Å². The van der Waals surface area contributed by atoms with Crippen LogP contribution in [0.5, 0.6) is 0 Å². The van der Waals surface area contributed by atoms with Crippen molar-refractivity contribution in [1.82, 2.24) is 5.32 Å². The summed E-state index contributed by atoms with van der Waals surface area (Å²) in [6.45, 7) is 12.3. The van der Waals surface area contributed by atoms with Gasteiger partial charge >= 0.3 is 12.2 Å². The summed E-state index contributed by atoms with van der Waals surface area (Å²) in [6, 6.07) is 0. The summed E-state index contributed by atoms with van der Waals surface area (Å²) in [7, 11) is 0. The maximum Gasteiger partial charge on any atom is 0.509 e. The zero-order valence-electron chi connectivity index (χ0n) is 12.8. The lowest BCUT2D eigenvalue weighted by atomic mass is 10.1. The lowest BCUT2D eigenvalue weighted by Gasteiger charge is -2.26. The zero-order chi connectivity index (χ0) is 15.3. The highest BCUT2D eigenvalue weighted by atomic mass is 16.7. The summed E-state index contributed by atoms with van der Waals surface area (Å²) in [6.07, 6.45) is -1.56. The van der Waals surface area contributed by atoms with Crippen LogP contribution in [0.15, 0.2) is 0 Å². The molecule has 19 heavy (non-hydrogen) atoms. The van der Waals surface area contributed by atoms with Crippen molar-refractivity contribution in [2.45, 2.75) is 65.8 Å². The Bertz CT molecular complexity index is 317. The predicted octanol–water partition coefficient (Wildman–Crippen LogP) is 2.85. The second kappa shape index (κ2) is 6.63. The number of ether oxygens (including phenoxy) is 3. The molecule has 0 saturated heterocycles. The van der Waals surface area contributed by atoms with Gasteiger partial charge in [0.2, 0.25) is 0 Å². The first kappa shape index (κ1) is 17.5. The first-order valence-corrected chi connectivity index (χ1v) is 6.28. The molecule has 0 fully saturated rings. The van der Waals surface area contributed by atoms with Crippen LogP contribution < -0.4 is 5.32 Å². The van der Waals surface area contributed by atoms with Crippen molar-refractivity contribution < 1.29 is 23.8 Å². The van der Waals surface area contributed by atoms with Crippen LogP contribution in [0.4, 0.5) is 9.59 Å². The van der Waals surface area contributed by atoms with E-state index in [2.05, 4.69) is 5.32 Å². The summed E-state index contributed by atoms with van der Waals surface area (Å²) >= 11 is 0. The van der Waals surface area contributed by atoms with Gasteiger partial charge in [-0.1, -0.05) is 0 Å². The van der Waals surface area contributed by atoms with Gasteiger partial charge in [0.25, 0.3) is 0 Å². The molecule has 0 saturated carbocycles. The van der Waals surface area contributed by atoms with Gasteiger partial charge in [-0.2, -0.15) is 0 Å². The molecule has 0 radical (unpaired) electrons.